The van der Waals surface area contributed by atoms with Crippen molar-refractivity contribution in [2.45, 2.75) is 60.4 Å². The van der Waals surface area contributed by atoms with Crippen LogP contribution < -0.4 is 5.69 Å². The minimum absolute atomic E-state index is 0.0504. The van der Waals surface area contributed by atoms with Crippen molar-refractivity contribution in [3.8, 4) is 0 Å². The molecule has 0 radical (unpaired) electrons. The van der Waals surface area contributed by atoms with E-state index in [2.05, 4.69) is 18.8 Å². The number of rotatable bonds is 6. The minimum atomic E-state index is -0.832. The van der Waals surface area contributed by atoms with Crippen LogP contribution in [0.5, 0.6) is 0 Å². The molecule has 1 N–H and O–H groups in total. The van der Waals surface area contributed by atoms with Gasteiger partial charge >= 0.3 is 11.7 Å². The van der Waals surface area contributed by atoms with Gasteiger partial charge in [0.05, 0.1) is 5.92 Å². The second kappa shape index (κ2) is 6.87. The number of carbonyl (C=O) groups is 1. The van der Waals surface area contributed by atoms with E-state index in [1.807, 2.05) is 13.8 Å². The predicted octanol–water partition coefficient (Wildman–Crippen LogP) is 2.73. The Hall–Kier alpha value is -1.65. The number of aromatic nitrogens is 2. The van der Waals surface area contributed by atoms with Crippen LogP contribution in [-0.2, 0) is 11.2 Å². The number of aryl methyl sites for hydroxylation is 1. The highest BCUT2D eigenvalue weighted by molar-refractivity contribution is 5.70. The molecule has 3 atom stereocenters. The summed E-state index contributed by atoms with van der Waals surface area (Å²) in [5.41, 5.74) is 2.11. The monoisotopic (exact) mass is 294 g/mol. The normalized spacial score (nSPS) is 15.5. The first-order valence-electron chi connectivity index (χ1n) is 7.52. The van der Waals surface area contributed by atoms with Crippen LogP contribution in [0.4, 0.5) is 0 Å². The van der Waals surface area contributed by atoms with E-state index in [4.69, 9.17) is 5.11 Å². The average Bonchev–Trinajstić information content (AvgIpc) is 2.41. The molecule has 0 aliphatic heterocycles. The molecular formula is C16H26N2O3. The van der Waals surface area contributed by atoms with Gasteiger partial charge in [-0.05, 0) is 38.7 Å². The Morgan fingerprint density at radius 1 is 1.29 bits per heavy atom. The highest BCUT2D eigenvalue weighted by Gasteiger charge is 2.22. The van der Waals surface area contributed by atoms with Gasteiger partial charge in [-0.2, -0.15) is 4.98 Å². The van der Waals surface area contributed by atoms with Gasteiger partial charge in [0.2, 0.25) is 0 Å². The van der Waals surface area contributed by atoms with E-state index in [-0.39, 0.29) is 11.7 Å². The van der Waals surface area contributed by atoms with Crippen molar-refractivity contribution in [1.82, 2.24) is 9.55 Å². The lowest BCUT2D eigenvalue weighted by molar-refractivity contribution is -0.141. The minimum Gasteiger partial charge on any atom is -0.481 e. The van der Waals surface area contributed by atoms with Crippen molar-refractivity contribution < 1.29 is 9.90 Å². The lowest BCUT2D eigenvalue weighted by Gasteiger charge is -2.25. The molecule has 1 aromatic rings. The van der Waals surface area contributed by atoms with Gasteiger partial charge < -0.3 is 5.11 Å². The Balaban J connectivity index is 3.35. The second-order valence-corrected chi connectivity index (χ2v) is 5.98. The molecule has 0 saturated heterocycles. The molecule has 3 unspecified atom stereocenters. The van der Waals surface area contributed by atoms with Crippen molar-refractivity contribution in [1.29, 1.82) is 0 Å². The van der Waals surface area contributed by atoms with E-state index in [0.717, 1.165) is 17.7 Å². The van der Waals surface area contributed by atoms with Crippen molar-refractivity contribution in [2.75, 3.05) is 0 Å². The van der Waals surface area contributed by atoms with Crippen molar-refractivity contribution in [3.63, 3.8) is 0 Å². The van der Waals surface area contributed by atoms with E-state index in [1.165, 1.54) is 0 Å². The smallest absolute Gasteiger partial charge is 0.348 e. The molecule has 0 fully saturated rings. The Morgan fingerprint density at radius 3 is 2.33 bits per heavy atom. The topological polar surface area (TPSA) is 72.2 Å². The molecule has 0 saturated carbocycles. The van der Waals surface area contributed by atoms with Gasteiger partial charge in [-0.15, -0.1) is 0 Å². The van der Waals surface area contributed by atoms with Crippen LogP contribution in [0, 0.1) is 25.7 Å². The molecule has 0 aromatic carbocycles. The highest BCUT2D eigenvalue weighted by atomic mass is 16.4. The van der Waals surface area contributed by atoms with Crippen LogP contribution in [0.15, 0.2) is 4.79 Å². The summed E-state index contributed by atoms with van der Waals surface area (Å²) in [6.45, 7) is 11.6. The summed E-state index contributed by atoms with van der Waals surface area (Å²) < 4.78 is 1.71. The third-order valence-electron chi connectivity index (χ3n) is 4.51. The maximum atomic E-state index is 12.2. The van der Waals surface area contributed by atoms with Gasteiger partial charge in [0.15, 0.2) is 0 Å². The summed E-state index contributed by atoms with van der Waals surface area (Å²) in [4.78, 5) is 27.4. The molecule has 1 rings (SSSR count). The molecule has 0 bridgehead atoms. The number of hydrogen-bond donors (Lipinski definition) is 1. The van der Waals surface area contributed by atoms with Gasteiger partial charge in [-0.25, -0.2) is 4.79 Å². The molecule has 0 aliphatic carbocycles. The number of nitrogens with zero attached hydrogens (tertiary/aromatic N) is 2. The van der Waals surface area contributed by atoms with Crippen LogP contribution in [0.2, 0.25) is 0 Å². The maximum Gasteiger partial charge on any atom is 0.348 e. The van der Waals surface area contributed by atoms with E-state index in [0.29, 0.717) is 18.0 Å². The van der Waals surface area contributed by atoms with Crippen LogP contribution >= 0.6 is 0 Å². The largest absolute Gasteiger partial charge is 0.481 e. The van der Waals surface area contributed by atoms with Gasteiger partial charge in [-0.1, -0.05) is 27.2 Å². The van der Waals surface area contributed by atoms with Gasteiger partial charge in [0.1, 0.15) is 0 Å². The molecule has 1 aromatic heterocycles. The fourth-order valence-electron chi connectivity index (χ4n) is 2.58. The molecule has 21 heavy (non-hydrogen) atoms. The Kier molecular flexibility index (Phi) is 5.70. The summed E-state index contributed by atoms with van der Waals surface area (Å²) in [7, 11) is 0. The molecule has 5 nitrogen and oxygen atoms in total. The predicted molar refractivity (Wildman–Crippen MR) is 82.6 cm³/mol. The molecule has 118 valence electrons. The molecule has 1 heterocycles. The number of carboxylic acid groups (broad SMARTS) is 1. The van der Waals surface area contributed by atoms with Crippen LogP contribution in [0.25, 0.3) is 0 Å². The third-order valence-corrected chi connectivity index (χ3v) is 4.51. The molecular weight excluding hydrogens is 268 g/mol. The summed E-state index contributed by atoms with van der Waals surface area (Å²) in [5.74, 6) is -0.966. The van der Waals surface area contributed by atoms with Crippen molar-refractivity contribution in [3.05, 3.63) is 27.4 Å². The van der Waals surface area contributed by atoms with Crippen LogP contribution in [-0.4, -0.2) is 20.6 Å². The zero-order valence-electron chi connectivity index (χ0n) is 13.8. The summed E-state index contributed by atoms with van der Waals surface area (Å²) >= 11 is 0. The van der Waals surface area contributed by atoms with Crippen LogP contribution in [0.3, 0.4) is 0 Å². The van der Waals surface area contributed by atoms with Crippen molar-refractivity contribution >= 4 is 5.97 Å². The fraction of sp³-hybridized carbons (Fsp3) is 0.688. The Morgan fingerprint density at radius 2 is 1.86 bits per heavy atom. The lowest BCUT2D eigenvalue weighted by atomic mass is 9.96. The zero-order valence-corrected chi connectivity index (χ0v) is 13.8. The van der Waals surface area contributed by atoms with Crippen molar-refractivity contribution in [2.24, 2.45) is 11.8 Å². The van der Waals surface area contributed by atoms with Gasteiger partial charge in [0, 0.05) is 17.4 Å². The highest BCUT2D eigenvalue weighted by Crippen LogP contribution is 2.23. The number of aliphatic carboxylic acids is 1. The third kappa shape index (κ3) is 3.71. The summed E-state index contributed by atoms with van der Waals surface area (Å²) in [5, 5.41) is 9.10. The molecule has 0 spiro atoms. The molecule has 0 aliphatic rings. The quantitative estimate of drug-likeness (QED) is 0.875. The number of carboxylic acids is 1. The summed E-state index contributed by atoms with van der Waals surface area (Å²) in [6.07, 6.45) is 1.37. The van der Waals surface area contributed by atoms with Gasteiger partial charge in [0.25, 0.3) is 0 Å². The Bertz CT molecular complexity index is 578. The van der Waals surface area contributed by atoms with Gasteiger partial charge in [-0.3, -0.25) is 9.36 Å². The SMILES string of the molecule is CCC(C)C(C)n1c(C)c(CC(C)C(=O)O)c(C)nc1=O. The fourth-order valence-corrected chi connectivity index (χ4v) is 2.58. The zero-order chi connectivity index (χ0) is 16.3. The summed E-state index contributed by atoms with van der Waals surface area (Å²) in [6, 6.07) is 0.0504. The van der Waals surface area contributed by atoms with E-state index in [9.17, 15) is 9.59 Å². The van der Waals surface area contributed by atoms with E-state index in [1.54, 1.807) is 18.4 Å². The average molecular weight is 294 g/mol. The first kappa shape index (κ1) is 17.4. The first-order valence-corrected chi connectivity index (χ1v) is 7.52. The lowest BCUT2D eigenvalue weighted by Crippen LogP contribution is -2.33. The molecule has 5 heteroatoms. The maximum absolute atomic E-state index is 12.2. The standard InChI is InChI=1S/C16H26N2O3/c1-7-9(2)12(5)18-13(6)14(8-10(3)15(19)20)11(4)17-16(18)21/h9-10,12H,7-8H2,1-6H3,(H,19,20). The number of hydrogen-bond acceptors (Lipinski definition) is 3. The molecule has 0 amide bonds. The Labute approximate surface area is 126 Å². The van der Waals surface area contributed by atoms with E-state index < -0.39 is 11.9 Å². The second-order valence-electron chi connectivity index (χ2n) is 5.98. The van der Waals surface area contributed by atoms with E-state index >= 15 is 0 Å². The first-order chi connectivity index (χ1) is 9.70. The van der Waals surface area contributed by atoms with Crippen LogP contribution in [0.1, 0.15) is 57.1 Å².